The summed E-state index contributed by atoms with van der Waals surface area (Å²) in [5, 5.41) is 1.20. The topological polar surface area (TPSA) is 0 Å². The number of rotatable bonds is 9. The third-order valence-electron chi connectivity index (χ3n) is 6.66. The van der Waals surface area contributed by atoms with E-state index in [1.165, 1.54) is 37.4 Å². The van der Waals surface area contributed by atoms with Crippen molar-refractivity contribution >= 4 is 24.7 Å². The fourth-order valence-corrected chi connectivity index (χ4v) is 9.03. The summed E-state index contributed by atoms with van der Waals surface area (Å²) < 4.78 is 0. The highest BCUT2D eigenvalue weighted by atomic mass is 79.9. The molecule has 0 atom stereocenters. The van der Waals surface area contributed by atoms with Gasteiger partial charge in [0.2, 0.25) is 0 Å². The third kappa shape index (κ3) is 6.67. The van der Waals surface area contributed by atoms with Gasteiger partial charge in [0, 0.05) is 14.1 Å². The summed E-state index contributed by atoms with van der Waals surface area (Å²) in [6.45, 7) is 2.34. The second-order valence-electron chi connectivity index (χ2n) is 8.24. The van der Waals surface area contributed by atoms with Gasteiger partial charge in [0.25, 0.3) is 0 Å². The Morgan fingerprint density at radius 3 is 2.14 bits per heavy atom. The Labute approximate surface area is 150 Å². The molecule has 1 aliphatic carbocycles. The summed E-state index contributed by atoms with van der Waals surface area (Å²) in [6.07, 6.45) is 18.3. The van der Waals surface area contributed by atoms with Gasteiger partial charge in [-0.3, -0.25) is 0 Å². The molecule has 22 heavy (non-hydrogen) atoms. The first-order valence-electron chi connectivity index (χ1n) is 10.4. The summed E-state index contributed by atoms with van der Waals surface area (Å²) in [7, 11) is -0.287. The first-order chi connectivity index (χ1) is 10.8. The van der Waals surface area contributed by atoms with Crippen molar-refractivity contribution in [2.45, 2.75) is 102 Å². The second kappa shape index (κ2) is 11.3. The van der Waals surface area contributed by atoms with Crippen molar-refractivity contribution in [2.75, 3.05) is 5.33 Å². The molecule has 2 heteroatoms. The van der Waals surface area contributed by atoms with Crippen LogP contribution in [0.3, 0.4) is 0 Å². The molecule has 0 N–H and O–H groups in total. The average Bonchev–Trinajstić information content (AvgIpc) is 2.57. The van der Waals surface area contributed by atoms with Crippen molar-refractivity contribution in [3.8, 4) is 0 Å². The lowest BCUT2D eigenvalue weighted by Crippen LogP contribution is -2.28. The van der Waals surface area contributed by atoms with Gasteiger partial charge in [-0.05, 0) is 37.0 Å². The zero-order valence-corrected chi connectivity index (χ0v) is 17.7. The maximum absolute atomic E-state index is 3.56. The van der Waals surface area contributed by atoms with E-state index in [1.807, 2.05) is 0 Å². The van der Waals surface area contributed by atoms with E-state index in [1.54, 1.807) is 63.1 Å². The lowest BCUT2D eigenvalue weighted by Gasteiger charge is -2.37. The van der Waals surface area contributed by atoms with Crippen molar-refractivity contribution in [1.82, 2.24) is 0 Å². The lowest BCUT2D eigenvalue weighted by molar-refractivity contribution is 0.184. The zero-order chi connectivity index (χ0) is 15.6. The standard InChI is InChI=1S/C20H39BrSi/c1-2-3-6-15-22-16-12-20(13-17-22)19-10-8-18(9-11-19)7-4-5-14-21/h18-20,22H,2-17H2,1H3/t18-,19-,20?,22?. The van der Waals surface area contributed by atoms with Crippen LogP contribution < -0.4 is 0 Å². The molecule has 1 aliphatic heterocycles. The molecule has 0 aromatic heterocycles. The van der Waals surface area contributed by atoms with Crippen LogP contribution in [-0.4, -0.2) is 14.1 Å². The van der Waals surface area contributed by atoms with Crippen LogP contribution in [0, 0.1) is 17.8 Å². The molecular formula is C20H39BrSi. The second-order valence-corrected chi connectivity index (χ2v) is 12.5. The van der Waals surface area contributed by atoms with Crippen LogP contribution in [0.25, 0.3) is 0 Å². The molecule has 0 aromatic carbocycles. The number of alkyl halides is 1. The van der Waals surface area contributed by atoms with Crippen molar-refractivity contribution in [3.63, 3.8) is 0 Å². The summed E-state index contributed by atoms with van der Waals surface area (Å²) >= 11 is 3.56. The summed E-state index contributed by atoms with van der Waals surface area (Å²) in [5.41, 5.74) is 0. The highest BCUT2D eigenvalue weighted by molar-refractivity contribution is 9.09. The minimum atomic E-state index is -0.287. The van der Waals surface area contributed by atoms with Gasteiger partial charge in [-0.15, -0.1) is 0 Å². The van der Waals surface area contributed by atoms with E-state index >= 15 is 0 Å². The predicted molar refractivity (Wildman–Crippen MR) is 107 cm³/mol. The Morgan fingerprint density at radius 1 is 0.818 bits per heavy atom. The van der Waals surface area contributed by atoms with Gasteiger partial charge in [0.05, 0.1) is 0 Å². The lowest BCUT2D eigenvalue weighted by atomic mass is 9.73. The monoisotopic (exact) mass is 386 g/mol. The molecule has 0 spiro atoms. The van der Waals surface area contributed by atoms with Crippen LogP contribution in [0.15, 0.2) is 0 Å². The van der Waals surface area contributed by atoms with Gasteiger partial charge in [-0.2, -0.15) is 0 Å². The maximum Gasteiger partial charge on any atom is 0.0368 e. The largest absolute Gasteiger partial charge is 0.0928 e. The number of halogens is 1. The Balaban J connectivity index is 1.58. The SMILES string of the molecule is CCCCC[SiH]1CCC([C@H]2CC[C@H](CCCCBr)CC2)CC1. The molecule has 2 aliphatic rings. The predicted octanol–water partition coefficient (Wildman–Crippen LogP) is 7.19. The number of hydrogen-bond acceptors (Lipinski definition) is 0. The Kier molecular flexibility index (Phi) is 9.76. The highest BCUT2D eigenvalue weighted by Gasteiger charge is 2.30. The molecule has 2 fully saturated rings. The van der Waals surface area contributed by atoms with Crippen LogP contribution in [0.5, 0.6) is 0 Å². The van der Waals surface area contributed by atoms with E-state index in [0.29, 0.717) is 0 Å². The minimum Gasteiger partial charge on any atom is -0.0928 e. The van der Waals surface area contributed by atoms with E-state index in [-0.39, 0.29) is 8.80 Å². The van der Waals surface area contributed by atoms with Gasteiger partial charge >= 0.3 is 0 Å². The smallest absolute Gasteiger partial charge is 0.0368 e. The Bertz CT molecular complexity index is 237. The molecule has 130 valence electrons. The molecule has 0 bridgehead atoms. The minimum absolute atomic E-state index is 0.287. The van der Waals surface area contributed by atoms with Crippen molar-refractivity contribution in [3.05, 3.63) is 0 Å². The zero-order valence-electron chi connectivity index (χ0n) is 15.0. The van der Waals surface area contributed by atoms with E-state index in [4.69, 9.17) is 0 Å². The molecule has 1 saturated heterocycles. The normalized spacial score (nSPS) is 33.0. The summed E-state index contributed by atoms with van der Waals surface area (Å²) in [4.78, 5) is 0. The molecular weight excluding hydrogens is 348 g/mol. The van der Waals surface area contributed by atoms with Gasteiger partial charge in [-0.1, -0.05) is 98.8 Å². The van der Waals surface area contributed by atoms with E-state index in [2.05, 4.69) is 22.9 Å². The molecule has 2 rings (SSSR count). The molecule has 0 nitrogen and oxygen atoms in total. The molecule has 0 amide bonds. The fourth-order valence-electron chi connectivity index (χ4n) is 5.11. The quantitative estimate of drug-likeness (QED) is 0.223. The average molecular weight is 388 g/mol. The van der Waals surface area contributed by atoms with Crippen molar-refractivity contribution in [1.29, 1.82) is 0 Å². The van der Waals surface area contributed by atoms with Crippen molar-refractivity contribution in [2.24, 2.45) is 17.8 Å². The molecule has 1 heterocycles. The van der Waals surface area contributed by atoms with Gasteiger partial charge in [-0.25, -0.2) is 0 Å². The van der Waals surface area contributed by atoms with Crippen LogP contribution in [0.1, 0.15) is 84.0 Å². The number of unbranched alkanes of at least 4 members (excludes halogenated alkanes) is 3. The van der Waals surface area contributed by atoms with Crippen molar-refractivity contribution < 1.29 is 0 Å². The van der Waals surface area contributed by atoms with Gasteiger partial charge < -0.3 is 0 Å². The summed E-state index contributed by atoms with van der Waals surface area (Å²) in [6, 6.07) is 5.06. The van der Waals surface area contributed by atoms with E-state index in [0.717, 1.165) is 17.8 Å². The van der Waals surface area contributed by atoms with Crippen LogP contribution in [0.2, 0.25) is 18.1 Å². The van der Waals surface area contributed by atoms with Crippen LogP contribution in [0.4, 0.5) is 0 Å². The molecule has 0 radical (unpaired) electrons. The number of hydrogen-bond donors (Lipinski definition) is 0. The first kappa shape index (κ1) is 19.0. The summed E-state index contributed by atoms with van der Waals surface area (Å²) in [5.74, 6) is 3.34. The molecule has 1 saturated carbocycles. The van der Waals surface area contributed by atoms with Gasteiger partial charge in [0.1, 0.15) is 0 Å². The van der Waals surface area contributed by atoms with Gasteiger partial charge in [0.15, 0.2) is 0 Å². The molecule has 0 aromatic rings. The first-order valence-corrected chi connectivity index (χ1v) is 14.0. The fraction of sp³-hybridized carbons (Fsp3) is 1.00. The van der Waals surface area contributed by atoms with E-state index < -0.39 is 0 Å². The van der Waals surface area contributed by atoms with Crippen LogP contribution >= 0.6 is 15.9 Å². The Hall–Kier alpha value is 0.697. The third-order valence-corrected chi connectivity index (χ3v) is 10.7. The highest BCUT2D eigenvalue weighted by Crippen LogP contribution is 2.42. The van der Waals surface area contributed by atoms with Crippen LogP contribution in [-0.2, 0) is 0 Å². The maximum atomic E-state index is 3.56. The Morgan fingerprint density at radius 2 is 1.50 bits per heavy atom. The molecule has 0 unspecified atom stereocenters. The van der Waals surface area contributed by atoms with E-state index in [9.17, 15) is 0 Å².